The van der Waals surface area contributed by atoms with Crippen molar-refractivity contribution in [2.45, 2.75) is 11.9 Å². The van der Waals surface area contributed by atoms with Gasteiger partial charge in [-0.25, -0.2) is 8.78 Å². The Kier molecular flexibility index (Phi) is 4.71. The zero-order valence-corrected chi connectivity index (χ0v) is 13.2. The van der Waals surface area contributed by atoms with Gasteiger partial charge in [0.15, 0.2) is 6.10 Å². The minimum atomic E-state index is -1.21. The van der Waals surface area contributed by atoms with Crippen molar-refractivity contribution in [2.24, 2.45) is 5.73 Å². The van der Waals surface area contributed by atoms with Crippen molar-refractivity contribution in [2.75, 3.05) is 0 Å². The van der Waals surface area contributed by atoms with Crippen LogP contribution in [-0.4, -0.2) is 5.78 Å². The molecule has 0 aromatic heterocycles. The van der Waals surface area contributed by atoms with Crippen LogP contribution in [0.15, 0.2) is 60.2 Å². The number of ketones is 1. The molecule has 24 heavy (non-hydrogen) atoms. The maximum absolute atomic E-state index is 13.3. The standard InChI is InChI=1S/C17H13F2NO3S/c18-12-6-11(7-13(19)8-12)15-14(21)16(17(20)22-15)23-24-9-10-4-2-1-3-5-10/h1-8,15H,9,20H2. The lowest BCUT2D eigenvalue weighted by Crippen LogP contribution is -2.11. The lowest BCUT2D eigenvalue weighted by atomic mass is 10.1. The molecule has 4 nitrogen and oxygen atoms in total. The zero-order valence-electron chi connectivity index (χ0n) is 12.4. The van der Waals surface area contributed by atoms with Crippen molar-refractivity contribution in [1.82, 2.24) is 0 Å². The van der Waals surface area contributed by atoms with Crippen molar-refractivity contribution in [3.8, 4) is 0 Å². The molecular weight excluding hydrogens is 336 g/mol. The highest BCUT2D eigenvalue weighted by molar-refractivity contribution is 7.94. The third-order valence-corrected chi connectivity index (χ3v) is 4.06. The van der Waals surface area contributed by atoms with E-state index in [2.05, 4.69) is 0 Å². The normalized spacial score (nSPS) is 17.1. The molecular formula is C17H13F2NO3S. The van der Waals surface area contributed by atoms with Crippen LogP contribution in [-0.2, 0) is 19.5 Å². The highest BCUT2D eigenvalue weighted by atomic mass is 32.2. The van der Waals surface area contributed by atoms with Crippen LogP contribution in [0.5, 0.6) is 0 Å². The molecule has 1 heterocycles. The molecule has 1 aliphatic rings. The van der Waals surface area contributed by atoms with Crippen LogP contribution in [0, 0.1) is 11.6 Å². The fourth-order valence-corrected chi connectivity index (χ4v) is 2.90. The zero-order chi connectivity index (χ0) is 17.1. The molecule has 7 heteroatoms. The van der Waals surface area contributed by atoms with Gasteiger partial charge in [-0.15, -0.1) is 0 Å². The van der Waals surface area contributed by atoms with Gasteiger partial charge >= 0.3 is 0 Å². The van der Waals surface area contributed by atoms with Gasteiger partial charge in [0.1, 0.15) is 11.6 Å². The van der Waals surface area contributed by atoms with E-state index in [0.717, 1.165) is 29.7 Å². The van der Waals surface area contributed by atoms with Gasteiger partial charge in [-0.2, -0.15) is 0 Å². The first kappa shape index (κ1) is 16.3. The van der Waals surface area contributed by atoms with E-state index in [-0.39, 0.29) is 17.2 Å². The summed E-state index contributed by atoms with van der Waals surface area (Å²) in [6.07, 6.45) is -1.21. The smallest absolute Gasteiger partial charge is 0.249 e. The summed E-state index contributed by atoms with van der Waals surface area (Å²) in [5, 5.41) is 0. The Morgan fingerprint density at radius 1 is 1.12 bits per heavy atom. The van der Waals surface area contributed by atoms with E-state index in [1.807, 2.05) is 30.3 Å². The van der Waals surface area contributed by atoms with E-state index in [9.17, 15) is 13.6 Å². The Morgan fingerprint density at radius 3 is 2.46 bits per heavy atom. The van der Waals surface area contributed by atoms with Gasteiger partial charge in [-0.1, -0.05) is 30.3 Å². The van der Waals surface area contributed by atoms with E-state index >= 15 is 0 Å². The van der Waals surface area contributed by atoms with E-state index in [1.165, 1.54) is 0 Å². The molecule has 0 radical (unpaired) electrons. The molecule has 0 bridgehead atoms. The maximum atomic E-state index is 13.3. The van der Waals surface area contributed by atoms with Gasteiger partial charge in [0.05, 0.1) is 17.8 Å². The molecule has 0 amide bonds. The second kappa shape index (κ2) is 6.92. The molecule has 1 unspecified atom stereocenters. The quantitative estimate of drug-likeness (QED) is 0.836. The Morgan fingerprint density at radius 2 is 1.79 bits per heavy atom. The number of nitrogens with two attached hydrogens (primary N) is 1. The van der Waals surface area contributed by atoms with Crippen LogP contribution >= 0.6 is 12.0 Å². The van der Waals surface area contributed by atoms with Crippen LogP contribution in [0.3, 0.4) is 0 Å². The van der Waals surface area contributed by atoms with Gasteiger partial charge < -0.3 is 14.7 Å². The Bertz CT molecular complexity index is 775. The number of Topliss-reactive ketones (excluding diaryl/α,β-unsaturated/α-hetero) is 1. The largest absolute Gasteiger partial charge is 0.460 e. The number of halogens is 2. The topological polar surface area (TPSA) is 61.5 Å². The maximum Gasteiger partial charge on any atom is 0.249 e. The van der Waals surface area contributed by atoms with Crippen LogP contribution in [0.1, 0.15) is 17.2 Å². The third kappa shape index (κ3) is 3.51. The third-order valence-electron chi connectivity index (χ3n) is 3.33. The fourth-order valence-electron chi connectivity index (χ4n) is 2.23. The van der Waals surface area contributed by atoms with Gasteiger partial charge in [0.2, 0.25) is 17.4 Å². The minimum absolute atomic E-state index is 0.0482. The molecule has 0 saturated heterocycles. The first-order valence-corrected chi connectivity index (χ1v) is 7.95. The van der Waals surface area contributed by atoms with Crippen molar-refractivity contribution in [1.29, 1.82) is 0 Å². The molecule has 0 aliphatic carbocycles. The van der Waals surface area contributed by atoms with Crippen molar-refractivity contribution in [3.63, 3.8) is 0 Å². The molecule has 1 atom stereocenters. The number of carbonyl (C=O) groups excluding carboxylic acids is 1. The fraction of sp³-hybridized carbons (Fsp3) is 0.118. The lowest BCUT2D eigenvalue weighted by molar-refractivity contribution is -0.122. The van der Waals surface area contributed by atoms with E-state index < -0.39 is 23.5 Å². The van der Waals surface area contributed by atoms with Crippen molar-refractivity contribution >= 4 is 17.8 Å². The summed E-state index contributed by atoms with van der Waals surface area (Å²) >= 11 is 1.03. The van der Waals surface area contributed by atoms with Gasteiger partial charge in [0.25, 0.3) is 0 Å². The van der Waals surface area contributed by atoms with Crippen molar-refractivity contribution < 1.29 is 22.5 Å². The Hall–Kier alpha value is -2.54. The molecule has 0 saturated carbocycles. The Balaban J connectivity index is 1.67. The van der Waals surface area contributed by atoms with Gasteiger partial charge in [-0.05, 0) is 17.7 Å². The lowest BCUT2D eigenvalue weighted by Gasteiger charge is -2.10. The molecule has 0 fully saturated rings. The average Bonchev–Trinajstić information content (AvgIpc) is 2.83. The Labute approximate surface area is 141 Å². The van der Waals surface area contributed by atoms with Crippen LogP contribution < -0.4 is 5.73 Å². The summed E-state index contributed by atoms with van der Waals surface area (Å²) in [5.74, 6) is -2.01. The summed E-state index contributed by atoms with van der Waals surface area (Å²) in [6.45, 7) is 0. The number of hydrogen-bond donors (Lipinski definition) is 1. The monoisotopic (exact) mass is 349 g/mol. The van der Waals surface area contributed by atoms with Gasteiger partial charge in [-0.3, -0.25) is 4.79 Å². The van der Waals surface area contributed by atoms with E-state index in [4.69, 9.17) is 14.7 Å². The van der Waals surface area contributed by atoms with Crippen molar-refractivity contribution in [3.05, 3.63) is 82.9 Å². The first-order valence-electron chi connectivity index (χ1n) is 7.04. The number of benzene rings is 2. The van der Waals surface area contributed by atoms with Crippen LogP contribution in [0.4, 0.5) is 8.78 Å². The second-order valence-electron chi connectivity index (χ2n) is 5.09. The number of ether oxygens (including phenoxy) is 1. The molecule has 0 spiro atoms. The summed E-state index contributed by atoms with van der Waals surface area (Å²) in [7, 11) is 0. The summed E-state index contributed by atoms with van der Waals surface area (Å²) < 4.78 is 37.2. The average molecular weight is 349 g/mol. The van der Waals surface area contributed by atoms with E-state index in [0.29, 0.717) is 11.8 Å². The summed E-state index contributed by atoms with van der Waals surface area (Å²) in [4.78, 5) is 12.3. The minimum Gasteiger partial charge on any atom is -0.460 e. The second-order valence-corrected chi connectivity index (χ2v) is 5.78. The number of hydrogen-bond acceptors (Lipinski definition) is 5. The van der Waals surface area contributed by atoms with E-state index in [1.54, 1.807) is 0 Å². The molecule has 124 valence electrons. The molecule has 2 N–H and O–H groups in total. The SMILES string of the molecule is NC1=C(OSCc2ccccc2)C(=O)C(c2cc(F)cc(F)c2)O1. The highest BCUT2D eigenvalue weighted by Crippen LogP contribution is 2.34. The molecule has 1 aliphatic heterocycles. The summed E-state index contributed by atoms with van der Waals surface area (Å²) in [5.41, 5.74) is 6.72. The highest BCUT2D eigenvalue weighted by Gasteiger charge is 2.38. The first-order chi connectivity index (χ1) is 11.5. The number of carbonyl (C=O) groups is 1. The predicted molar refractivity (Wildman–Crippen MR) is 85.2 cm³/mol. The predicted octanol–water partition coefficient (Wildman–Crippen LogP) is 3.60. The molecule has 2 aromatic rings. The molecule has 2 aromatic carbocycles. The van der Waals surface area contributed by atoms with Gasteiger partial charge in [0, 0.05) is 11.6 Å². The number of rotatable bonds is 5. The molecule has 3 rings (SSSR count). The summed E-state index contributed by atoms with van der Waals surface area (Å²) in [6, 6.07) is 12.3. The van der Waals surface area contributed by atoms with Crippen LogP contribution in [0.2, 0.25) is 0 Å². The van der Waals surface area contributed by atoms with Crippen LogP contribution in [0.25, 0.3) is 0 Å².